The van der Waals surface area contributed by atoms with Crippen LogP contribution in [0.5, 0.6) is 0 Å². The molecule has 0 radical (unpaired) electrons. The van der Waals surface area contributed by atoms with Gasteiger partial charge in [0.2, 0.25) is 0 Å². The third kappa shape index (κ3) is 5.88. The lowest BCUT2D eigenvalue weighted by Crippen LogP contribution is -2.47. The van der Waals surface area contributed by atoms with Crippen molar-refractivity contribution < 1.29 is 14.3 Å². The van der Waals surface area contributed by atoms with Gasteiger partial charge in [0, 0.05) is 5.56 Å². The van der Waals surface area contributed by atoms with E-state index in [1.165, 1.54) is 11.1 Å². The van der Waals surface area contributed by atoms with Crippen molar-refractivity contribution in [1.82, 2.24) is 5.32 Å². The molecule has 0 spiro atoms. The van der Waals surface area contributed by atoms with Crippen LogP contribution in [-0.4, -0.2) is 11.7 Å². The largest absolute Gasteiger partial charge is 0.444 e. The van der Waals surface area contributed by atoms with Gasteiger partial charge in [-0.2, -0.15) is 0 Å². The zero-order chi connectivity index (χ0) is 19.4. The molecule has 26 heavy (non-hydrogen) atoms. The van der Waals surface area contributed by atoms with Crippen molar-refractivity contribution in [1.29, 1.82) is 0 Å². The Morgan fingerprint density at radius 1 is 0.962 bits per heavy atom. The molecule has 2 aromatic rings. The molecule has 0 saturated carbocycles. The molecule has 1 atom stereocenters. The highest BCUT2D eigenvalue weighted by Crippen LogP contribution is 2.25. The summed E-state index contributed by atoms with van der Waals surface area (Å²) in [5.74, 6) is 0. The molecule has 0 fully saturated rings. The number of carbonyl (C=O) groups is 1. The van der Waals surface area contributed by atoms with Crippen LogP contribution < -0.4 is 5.32 Å². The third-order valence-electron chi connectivity index (χ3n) is 3.87. The van der Waals surface area contributed by atoms with Gasteiger partial charge in [-0.3, -0.25) is 5.32 Å². The number of aryl methyl sites for hydroxylation is 2. The van der Waals surface area contributed by atoms with E-state index in [-0.39, 0.29) is 0 Å². The first-order valence-electron chi connectivity index (χ1n) is 8.85. The minimum absolute atomic E-state index is 0.379. The van der Waals surface area contributed by atoms with Crippen LogP contribution in [0.3, 0.4) is 0 Å². The quantitative estimate of drug-likeness (QED) is 0.748. The van der Waals surface area contributed by atoms with Gasteiger partial charge in [0.25, 0.3) is 0 Å². The summed E-state index contributed by atoms with van der Waals surface area (Å²) in [7, 11) is 0. The van der Waals surface area contributed by atoms with Crippen LogP contribution >= 0.6 is 0 Å². The Hall–Kier alpha value is -2.33. The smallest absolute Gasteiger partial charge is 0.410 e. The minimum Gasteiger partial charge on any atom is -0.444 e. The van der Waals surface area contributed by atoms with E-state index in [2.05, 4.69) is 37.4 Å². The fourth-order valence-corrected chi connectivity index (χ4v) is 2.83. The number of ether oxygens (including phenoxy) is 2. The van der Waals surface area contributed by atoms with Crippen LogP contribution in [0.1, 0.15) is 49.9 Å². The molecule has 1 amide bonds. The lowest BCUT2D eigenvalue weighted by Gasteiger charge is -2.32. The molecule has 2 aromatic carbocycles. The number of hydrogen-bond acceptors (Lipinski definition) is 3. The number of carbonyl (C=O) groups excluding carboxylic acids is 1. The molecular weight excluding hydrogens is 326 g/mol. The molecule has 0 saturated heterocycles. The van der Waals surface area contributed by atoms with Crippen molar-refractivity contribution in [2.75, 3.05) is 0 Å². The number of hydrogen-bond donors (Lipinski definition) is 1. The predicted octanol–water partition coefficient (Wildman–Crippen LogP) is 5.22. The number of benzene rings is 2. The second kappa shape index (κ2) is 7.92. The van der Waals surface area contributed by atoms with Crippen LogP contribution in [0.25, 0.3) is 0 Å². The highest BCUT2D eigenvalue weighted by molar-refractivity contribution is 5.68. The summed E-state index contributed by atoms with van der Waals surface area (Å²) in [4.78, 5) is 12.4. The van der Waals surface area contributed by atoms with Gasteiger partial charge in [-0.05, 0) is 47.1 Å². The first-order valence-corrected chi connectivity index (χ1v) is 8.85. The van der Waals surface area contributed by atoms with Crippen molar-refractivity contribution in [3.8, 4) is 0 Å². The lowest BCUT2D eigenvalue weighted by atomic mass is 10.0. The first-order chi connectivity index (χ1) is 12.1. The maximum atomic E-state index is 12.4. The van der Waals surface area contributed by atoms with Crippen molar-refractivity contribution >= 4 is 6.09 Å². The molecule has 2 rings (SSSR count). The van der Waals surface area contributed by atoms with Crippen LogP contribution in [0, 0.1) is 13.8 Å². The predicted molar refractivity (Wildman–Crippen MR) is 104 cm³/mol. The maximum Gasteiger partial charge on any atom is 0.410 e. The summed E-state index contributed by atoms with van der Waals surface area (Å²) in [6.45, 7) is 11.9. The molecule has 0 unspecified atom stereocenters. The van der Waals surface area contributed by atoms with Crippen molar-refractivity contribution in [3.63, 3.8) is 0 Å². The first kappa shape index (κ1) is 20.0. The number of nitrogens with one attached hydrogen (secondary N) is 1. The topological polar surface area (TPSA) is 47.6 Å². The fourth-order valence-electron chi connectivity index (χ4n) is 2.83. The molecule has 0 aliphatic heterocycles. The summed E-state index contributed by atoms with van der Waals surface area (Å²) in [5.41, 5.74) is 2.72. The maximum absolute atomic E-state index is 12.4. The molecule has 4 nitrogen and oxygen atoms in total. The SMILES string of the molecule is Cc1cc(C)cc(CO[C@](C)(NC(=O)OC(C)(C)C)c2ccccc2)c1. The standard InChI is InChI=1S/C22H29NO3/c1-16-12-17(2)14-18(13-16)15-25-22(6,19-10-8-7-9-11-19)23-20(24)26-21(3,4)5/h7-14H,15H2,1-6H3,(H,23,24)/t22-/m0/s1. The molecule has 0 bridgehead atoms. The van der Waals surface area contributed by atoms with E-state index in [0.29, 0.717) is 6.61 Å². The van der Waals surface area contributed by atoms with Crippen molar-refractivity contribution in [3.05, 3.63) is 70.8 Å². The summed E-state index contributed by atoms with van der Waals surface area (Å²) in [5, 5.41) is 2.88. The van der Waals surface area contributed by atoms with Crippen LogP contribution in [0.15, 0.2) is 48.5 Å². The number of amides is 1. The summed E-state index contributed by atoms with van der Waals surface area (Å²) >= 11 is 0. The molecule has 140 valence electrons. The average Bonchev–Trinajstić information content (AvgIpc) is 2.51. The van der Waals surface area contributed by atoms with Crippen LogP contribution in [0.2, 0.25) is 0 Å². The zero-order valence-corrected chi connectivity index (χ0v) is 16.6. The molecule has 4 heteroatoms. The summed E-state index contributed by atoms with van der Waals surface area (Å²) in [6, 6.07) is 15.9. The van der Waals surface area contributed by atoms with Gasteiger partial charge in [0.15, 0.2) is 5.72 Å². The van der Waals surface area contributed by atoms with Gasteiger partial charge in [0.05, 0.1) is 6.61 Å². The second-order valence-corrected chi connectivity index (χ2v) is 7.81. The van der Waals surface area contributed by atoms with E-state index in [1.807, 2.05) is 58.0 Å². The summed E-state index contributed by atoms with van der Waals surface area (Å²) < 4.78 is 11.6. The Labute approximate surface area is 156 Å². The molecule has 1 N–H and O–H groups in total. The molecule has 0 aromatic heterocycles. The molecule has 0 heterocycles. The molecule has 0 aliphatic rings. The normalized spacial score (nSPS) is 13.8. The van der Waals surface area contributed by atoms with E-state index in [0.717, 1.165) is 11.1 Å². The third-order valence-corrected chi connectivity index (χ3v) is 3.87. The summed E-state index contributed by atoms with van der Waals surface area (Å²) in [6.07, 6.45) is -0.510. The van der Waals surface area contributed by atoms with Gasteiger partial charge in [-0.15, -0.1) is 0 Å². The monoisotopic (exact) mass is 355 g/mol. The lowest BCUT2D eigenvalue weighted by molar-refractivity contribution is -0.0756. The zero-order valence-electron chi connectivity index (χ0n) is 16.6. The number of alkyl carbamates (subject to hydrolysis) is 1. The van der Waals surface area contributed by atoms with Gasteiger partial charge in [0.1, 0.15) is 5.60 Å². The number of rotatable bonds is 5. The Bertz CT molecular complexity index is 729. The van der Waals surface area contributed by atoms with Gasteiger partial charge >= 0.3 is 6.09 Å². The van der Waals surface area contributed by atoms with Gasteiger partial charge in [-0.25, -0.2) is 4.79 Å². The Morgan fingerprint density at radius 3 is 2.08 bits per heavy atom. The van der Waals surface area contributed by atoms with Crippen LogP contribution in [0.4, 0.5) is 4.79 Å². The van der Waals surface area contributed by atoms with E-state index in [9.17, 15) is 4.79 Å². The van der Waals surface area contributed by atoms with Gasteiger partial charge < -0.3 is 9.47 Å². The fraction of sp³-hybridized carbons (Fsp3) is 0.409. The average molecular weight is 355 g/mol. The molecule has 0 aliphatic carbocycles. The minimum atomic E-state index is -0.999. The van der Waals surface area contributed by atoms with Crippen molar-refractivity contribution in [2.45, 2.75) is 59.5 Å². The highest BCUT2D eigenvalue weighted by Gasteiger charge is 2.31. The second-order valence-electron chi connectivity index (χ2n) is 7.81. The van der Waals surface area contributed by atoms with Crippen LogP contribution in [-0.2, 0) is 21.8 Å². The van der Waals surface area contributed by atoms with Gasteiger partial charge in [-0.1, -0.05) is 59.7 Å². The Morgan fingerprint density at radius 2 is 1.54 bits per heavy atom. The van der Waals surface area contributed by atoms with Crippen molar-refractivity contribution in [2.24, 2.45) is 0 Å². The Balaban J connectivity index is 2.22. The van der Waals surface area contributed by atoms with E-state index >= 15 is 0 Å². The highest BCUT2D eigenvalue weighted by atomic mass is 16.6. The van der Waals surface area contributed by atoms with E-state index in [1.54, 1.807) is 0 Å². The van der Waals surface area contributed by atoms with E-state index in [4.69, 9.17) is 9.47 Å². The Kier molecular flexibility index (Phi) is 6.09. The van der Waals surface area contributed by atoms with E-state index < -0.39 is 17.4 Å². The molecular formula is C22H29NO3.